The van der Waals surface area contributed by atoms with E-state index in [1.807, 2.05) is 0 Å². The molecule has 3 N–H and O–H groups in total. The number of likely N-dealkylation sites (tertiary alicyclic amines) is 2. The summed E-state index contributed by atoms with van der Waals surface area (Å²) in [5, 5.41) is 2.62. The zero-order chi connectivity index (χ0) is 41.6. The number of nitrogen functional groups attached to an aromatic ring is 1. The van der Waals surface area contributed by atoms with Gasteiger partial charge in [-0.2, -0.15) is 0 Å². The van der Waals surface area contributed by atoms with Crippen molar-refractivity contribution in [3.05, 3.63) is 72.4 Å². The lowest BCUT2D eigenvalue weighted by atomic mass is 10.1. The van der Waals surface area contributed by atoms with Crippen molar-refractivity contribution in [3.63, 3.8) is 0 Å². The molecule has 0 aromatic heterocycles. The first-order valence-corrected chi connectivity index (χ1v) is 18.5. The average Bonchev–Trinajstić information content (AvgIpc) is 3.75. The second-order valence-corrected chi connectivity index (χ2v) is 13.6. The molecule has 2 saturated heterocycles. The Morgan fingerprint density at radius 1 is 0.737 bits per heavy atom. The van der Waals surface area contributed by atoms with Gasteiger partial charge in [0.2, 0.25) is 0 Å². The van der Waals surface area contributed by atoms with Crippen molar-refractivity contribution < 1.29 is 57.1 Å². The number of nitrogens with one attached hydrogen (secondary N) is 1. The van der Waals surface area contributed by atoms with Gasteiger partial charge < -0.3 is 48.7 Å². The molecule has 2 aromatic carbocycles. The third-order valence-electron chi connectivity index (χ3n) is 9.17. The highest BCUT2D eigenvalue weighted by Gasteiger charge is 2.35. The number of esters is 2. The molecule has 3 amide bonds. The summed E-state index contributed by atoms with van der Waals surface area (Å²) in [4.78, 5) is 66.0. The first-order valence-electron chi connectivity index (χ1n) is 18.5. The first kappa shape index (κ1) is 43.5. The van der Waals surface area contributed by atoms with Crippen LogP contribution in [-0.4, -0.2) is 112 Å². The Morgan fingerprint density at radius 2 is 1.23 bits per heavy atom. The Morgan fingerprint density at radius 3 is 1.72 bits per heavy atom. The van der Waals surface area contributed by atoms with E-state index in [1.165, 1.54) is 51.2 Å². The number of nitrogens with two attached hydrogens (primary N) is 1. The molecule has 2 heterocycles. The molecule has 308 valence electrons. The third-order valence-corrected chi connectivity index (χ3v) is 9.17. The molecule has 16 nitrogen and oxygen atoms in total. The molecule has 0 spiro atoms. The molecular formula is C41H52N4O12. The van der Waals surface area contributed by atoms with E-state index >= 15 is 0 Å². The fraction of sp³-hybridized carbons (Fsp3) is 0.439. The van der Waals surface area contributed by atoms with Crippen LogP contribution in [0.5, 0.6) is 23.0 Å². The van der Waals surface area contributed by atoms with Crippen molar-refractivity contribution in [2.45, 2.75) is 58.0 Å². The fourth-order valence-corrected chi connectivity index (χ4v) is 6.44. The maximum Gasteiger partial charge on any atom is 0.411 e. The standard InChI is InChI=1S/C41H52N4O12/c1-8-12-55-41(50)43-34-20-38(36(52-7)18-32(34)40(49)45-22-26(3)16-30(45)24-57-28(5)47)54-14-11-9-10-13-53-37-19-33(42)31(17-35(37)51-6)39(48)44-21-25(2)15-29(44)23-56-27(4)46/h8,17-20,29-30H,1-3,9-16,21-24,42H2,4-7H3,(H,43,50). The number of rotatable bonds is 19. The summed E-state index contributed by atoms with van der Waals surface area (Å²) < 4.78 is 38.6. The van der Waals surface area contributed by atoms with E-state index in [0.717, 1.165) is 11.1 Å². The number of anilines is 2. The van der Waals surface area contributed by atoms with Crippen molar-refractivity contribution in [2.75, 3.05) is 71.4 Å². The monoisotopic (exact) mass is 792 g/mol. The van der Waals surface area contributed by atoms with Crippen LogP contribution in [-0.2, 0) is 23.8 Å². The lowest BCUT2D eigenvalue weighted by Crippen LogP contribution is -2.39. The molecule has 16 heteroatoms. The lowest BCUT2D eigenvalue weighted by Gasteiger charge is -2.25. The van der Waals surface area contributed by atoms with E-state index in [0.29, 0.717) is 56.8 Å². The van der Waals surface area contributed by atoms with E-state index in [1.54, 1.807) is 17.0 Å². The maximum atomic E-state index is 13.9. The van der Waals surface area contributed by atoms with Crippen molar-refractivity contribution >= 4 is 41.2 Å². The van der Waals surface area contributed by atoms with Crippen molar-refractivity contribution in [3.8, 4) is 23.0 Å². The minimum absolute atomic E-state index is 0.0000357. The average molecular weight is 793 g/mol. The molecular weight excluding hydrogens is 740 g/mol. The molecule has 0 saturated carbocycles. The van der Waals surface area contributed by atoms with E-state index in [4.69, 9.17) is 38.9 Å². The SMILES string of the molecule is C=CCOC(=O)Nc1cc(OCCCCCOc2cc(N)c(C(=O)N3CC(=C)CC3COC(C)=O)cc2OC)c(OC)cc1C(=O)N1CC(=C)CC1COC(C)=O. The van der Waals surface area contributed by atoms with Gasteiger partial charge in [0, 0.05) is 44.8 Å². The van der Waals surface area contributed by atoms with Crippen LogP contribution >= 0.6 is 0 Å². The van der Waals surface area contributed by atoms with Crippen LogP contribution in [0, 0.1) is 0 Å². The molecule has 57 heavy (non-hydrogen) atoms. The van der Waals surface area contributed by atoms with Gasteiger partial charge >= 0.3 is 18.0 Å². The van der Waals surface area contributed by atoms with Crippen molar-refractivity contribution in [1.29, 1.82) is 0 Å². The van der Waals surface area contributed by atoms with Crippen molar-refractivity contribution in [1.82, 2.24) is 9.80 Å². The summed E-state index contributed by atoms with van der Waals surface area (Å²) in [6.07, 6.45) is 3.56. The van der Waals surface area contributed by atoms with Crippen LogP contribution in [0.2, 0.25) is 0 Å². The highest BCUT2D eigenvalue weighted by Crippen LogP contribution is 2.37. The Bertz CT molecular complexity index is 1860. The predicted molar refractivity (Wildman–Crippen MR) is 211 cm³/mol. The normalized spacial score (nSPS) is 16.1. The Balaban J connectivity index is 1.37. The summed E-state index contributed by atoms with van der Waals surface area (Å²) in [5.41, 5.74) is 8.67. The highest BCUT2D eigenvalue weighted by atomic mass is 16.6. The summed E-state index contributed by atoms with van der Waals surface area (Å²) in [6, 6.07) is 5.31. The van der Waals surface area contributed by atoms with Gasteiger partial charge in [0.15, 0.2) is 23.0 Å². The minimum atomic E-state index is -0.801. The van der Waals surface area contributed by atoms with Crippen LogP contribution in [0.15, 0.2) is 61.2 Å². The molecule has 4 rings (SSSR count). The van der Waals surface area contributed by atoms with E-state index in [9.17, 15) is 24.0 Å². The fourth-order valence-electron chi connectivity index (χ4n) is 6.44. The summed E-state index contributed by atoms with van der Waals surface area (Å²) in [6.45, 7) is 15.4. The van der Waals surface area contributed by atoms with Crippen LogP contribution in [0.4, 0.5) is 16.2 Å². The Kier molecular flexibility index (Phi) is 15.8. The number of carbonyl (C=O) groups is 5. The van der Waals surface area contributed by atoms with Crippen molar-refractivity contribution in [2.24, 2.45) is 0 Å². The Hall–Kier alpha value is -6.19. The quantitative estimate of drug-likeness (QED) is 0.0611. The van der Waals surface area contributed by atoms with Gasteiger partial charge in [-0.1, -0.05) is 37.0 Å². The minimum Gasteiger partial charge on any atom is -0.493 e. The zero-order valence-corrected chi connectivity index (χ0v) is 33.0. The number of hydrogen-bond acceptors (Lipinski definition) is 13. The summed E-state index contributed by atoms with van der Waals surface area (Å²) in [7, 11) is 2.91. The van der Waals surface area contributed by atoms with Gasteiger partial charge in [0.1, 0.15) is 19.8 Å². The van der Waals surface area contributed by atoms with E-state index in [2.05, 4.69) is 25.1 Å². The van der Waals surface area contributed by atoms with Gasteiger partial charge in [-0.3, -0.25) is 24.5 Å². The smallest absolute Gasteiger partial charge is 0.411 e. The zero-order valence-electron chi connectivity index (χ0n) is 33.0. The van der Waals surface area contributed by atoms with Gasteiger partial charge in [-0.05, 0) is 44.2 Å². The lowest BCUT2D eigenvalue weighted by molar-refractivity contribution is -0.143. The first-order chi connectivity index (χ1) is 27.3. The number of unbranched alkanes of at least 4 members (excludes halogenated alkanes) is 2. The van der Waals surface area contributed by atoms with Crippen LogP contribution in [0.25, 0.3) is 0 Å². The number of methoxy groups -OCH3 is 2. The van der Waals surface area contributed by atoms with Gasteiger partial charge in [-0.25, -0.2) is 4.79 Å². The molecule has 2 atom stereocenters. The predicted octanol–water partition coefficient (Wildman–Crippen LogP) is 5.32. The van der Waals surface area contributed by atoms with Crippen LogP contribution in [0.1, 0.15) is 66.7 Å². The number of amides is 3. The number of benzene rings is 2. The molecule has 2 unspecified atom stereocenters. The summed E-state index contributed by atoms with van der Waals surface area (Å²) >= 11 is 0. The maximum absolute atomic E-state index is 13.9. The molecule has 2 aliphatic heterocycles. The van der Waals surface area contributed by atoms with E-state index < -0.39 is 30.0 Å². The third kappa shape index (κ3) is 11.9. The van der Waals surface area contributed by atoms with E-state index in [-0.39, 0.29) is 78.9 Å². The number of nitrogens with zero attached hydrogens (tertiary/aromatic N) is 2. The second kappa shape index (κ2) is 20.6. The Labute approximate surface area is 332 Å². The molecule has 2 fully saturated rings. The van der Waals surface area contributed by atoms with Crippen LogP contribution < -0.4 is 30.0 Å². The topological polar surface area (TPSA) is 194 Å². The largest absolute Gasteiger partial charge is 0.493 e. The van der Waals surface area contributed by atoms with Gasteiger partial charge in [0.05, 0.1) is 56.3 Å². The summed E-state index contributed by atoms with van der Waals surface area (Å²) in [5.74, 6) is -0.381. The van der Waals surface area contributed by atoms with Gasteiger partial charge in [0.25, 0.3) is 11.8 Å². The molecule has 0 radical (unpaired) electrons. The second-order valence-electron chi connectivity index (χ2n) is 13.6. The molecule has 2 aromatic rings. The van der Waals surface area contributed by atoms with Crippen LogP contribution in [0.3, 0.4) is 0 Å². The van der Waals surface area contributed by atoms with Gasteiger partial charge in [-0.15, -0.1) is 0 Å². The number of carbonyl (C=O) groups excluding carboxylic acids is 5. The number of hydrogen-bond donors (Lipinski definition) is 2. The molecule has 0 aliphatic carbocycles. The number of ether oxygens (including phenoxy) is 7. The molecule has 2 aliphatic rings. The molecule has 0 bridgehead atoms. The highest BCUT2D eigenvalue weighted by molar-refractivity contribution is 6.04.